The maximum atomic E-state index is 12.1. The third kappa shape index (κ3) is 6.20. The summed E-state index contributed by atoms with van der Waals surface area (Å²) >= 11 is 11.9. The number of carbonyl (C=O) groups excluding carboxylic acids is 1. The van der Waals surface area contributed by atoms with Crippen LogP contribution in [-0.4, -0.2) is 12.5 Å². The van der Waals surface area contributed by atoms with Crippen molar-refractivity contribution in [1.29, 1.82) is 0 Å². The second-order valence-corrected chi connectivity index (χ2v) is 6.73. The predicted molar refractivity (Wildman–Crippen MR) is 111 cm³/mol. The van der Waals surface area contributed by atoms with E-state index < -0.39 is 0 Å². The fourth-order valence-electron chi connectivity index (χ4n) is 2.45. The van der Waals surface area contributed by atoms with Crippen molar-refractivity contribution in [2.24, 2.45) is 0 Å². The minimum absolute atomic E-state index is 0.103. The average molecular weight is 401 g/mol. The van der Waals surface area contributed by atoms with Gasteiger partial charge in [0, 0.05) is 27.5 Å². The Hall–Kier alpha value is -2.69. The van der Waals surface area contributed by atoms with E-state index in [2.05, 4.69) is 10.6 Å². The molecule has 6 heteroatoms. The first-order valence-electron chi connectivity index (χ1n) is 8.35. The summed E-state index contributed by atoms with van der Waals surface area (Å²) in [5.41, 5.74) is 2.44. The maximum absolute atomic E-state index is 12.1. The molecule has 0 radical (unpaired) electrons. The molecular formula is C21H18Cl2N2O2. The summed E-state index contributed by atoms with van der Waals surface area (Å²) in [7, 11) is 0. The molecule has 0 aromatic heterocycles. The highest BCUT2D eigenvalue weighted by molar-refractivity contribution is 6.35. The topological polar surface area (TPSA) is 50.4 Å². The number of hydrogen-bond acceptors (Lipinski definition) is 3. The van der Waals surface area contributed by atoms with Crippen LogP contribution in [-0.2, 0) is 11.4 Å². The first-order chi connectivity index (χ1) is 13.1. The van der Waals surface area contributed by atoms with Gasteiger partial charge in [0.1, 0.15) is 12.4 Å². The second kappa shape index (κ2) is 9.31. The Morgan fingerprint density at radius 1 is 0.852 bits per heavy atom. The van der Waals surface area contributed by atoms with E-state index >= 15 is 0 Å². The fraction of sp³-hybridized carbons (Fsp3) is 0.0952. The van der Waals surface area contributed by atoms with Crippen LogP contribution in [0, 0.1) is 0 Å². The van der Waals surface area contributed by atoms with Gasteiger partial charge in [-0.25, -0.2) is 0 Å². The van der Waals surface area contributed by atoms with Gasteiger partial charge >= 0.3 is 0 Å². The van der Waals surface area contributed by atoms with Gasteiger partial charge in [0.05, 0.1) is 6.54 Å². The number of halogens is 2. The molecule has 0 spiro atoms. The van der Waals surface area contributed by atoms with Crippen LogP contribution in [0.5, 0.6) is 5.75 Å². The zero-order valence-electron chi connectivity index (χ0n) is 14.4. The van der Waals surface area contributed by atoms with Gasteiger partial charge in [-0.05, 0) is 35.9 Å². The third-order valence-corrected chi connectivity index (χ3v) is 4.12. The number of rotatable bonds is 7. The van der Waals surface area contributed by atoms with Gasteiger partial charge in [-0.3, -0.25) is 4.79 Å². The molecule has 0 bridgehead atoms. The first kappa shape index (κ1) is 19.1. The molecule has 1 amide bonds. The summed E-state index contributed by atoms with van der Waals surface area (Å²) in [6.07, 6.45) is 0. The Morgan fingerprint density at radius 2 is 1.59 bits per heavy atom. The van der Waals surface area contributed by atoms with Crippen molar-refractivity contribution in [3.63, 3.8) is 0 Å². The molecule has 4 nitrogen and oxygen atoms in total. The van der Waals surface area contributed by atoms with Crippen LogP contribution in [0.4, 0.5) is 11.4 Å². The lowest BCUT2D eigenvalue weighted by atomic mass is 10.2. The minimum Gasteiger partial charge on any atom is -0.489 e. The SMILES string of the molecule is O=C(CNc1cccc(OCc2ccccc2)c1)Nc1cc(Cl)cc(Cl)c1. The Kier molecular flexibility index (Phi) is 6.58. The third-order valence-electron chi connectivity index (χ3n) is 3.68. The van der Waals surface area contributed by atoms with Gasteiger partial charge in [0.15, 0.2) is 0 Å². The Labute approximate surface area is 168 Å². The van der Waals surface area contributed by atoms with E-state index in [0.29, 0.717) is 22.3 Å². The highest BCUT2D eigenvalue weighted by Crippen LogP contribution is 2.22. The van der Waals surface area contributed by atoms with E-state index in [9.17, 15) is 4.79 Å². The summed E-state index contributed by atoms with van der Waals surface area (Å²) in [5, 5.41) is 6.76. The van der Waals surface area contributed by atoms with Gasteiger partial charge in [-0.2, -0.15) is 0 Å². The molecule has 0 aliphatic carbocycles. The fourth-order valence-corrected chi connectivity index (χ4v) is 2.98. The van der Waals surface area contributed by atoms with Gasteiger partial charge in [-0.1, -0.05) is 59.6 Å². The molecule has 0 saturated heterocycles. The van der Waals surface area contributed by atoms with Crippen LogP contribution in [0.1, 0.15) is 5.56 Å². The summed E-state index contributed by atoms with van der Waals surface area (Å²) in [5.74, 6) is 0.523. The van der Waals surface area contributed by atoms with Gasteiger partial charge in [0.2, 0.25) is 5.91 Å². The Bertz CT molecular complexity index is 897. The molecule has 3 aromatic carbocycles. The normalized spacial score (nSPS) is 10.3. The highest BCUT2D eigenvalue weighted by Gasteiger charge is 2.05. The highest BCUT2D eigenvalue weighted by atomic mass is 35.5. The molecule has 0 atom stereocenters. The van der Waals surface area contributed by atoms with Crippen molar-refractivity contribution in [2.45, 2.75) is 6.61 Å². The number of amides is 1. The molecular weight excluding hydrogens is 383 g/mol. The van der Waals surface area contributed by atoms with Crippen LogP contribution in [0.15, 0.2) is 72.8 Å². The molecule has 138 valence electrons. The molecule has 0 unspecified atom stereocenters. The van der Waals surface area contributed by atoms with Crippen LogP contribution in [0.2, 0.25) is 10.0 Å². The second-order valence-electron chi connectivity index (χ2n) is 5.86. The van der Waals surface area contributed by atoms with Crippen molar-refractivity contribution in [3.05, 3.63) is 88.4 Å². The number of nitrogens with one attached hydrogen (secondary N) is 2. The Balaban J connectivity index is 1.52. The number of hydrogen-bond donors (Lipinski definition) is 2. The number of ether oxygens (including phenoxy) is 1. The summed E-state index contributed by atoms with van der Waals surface area (Å²) in [4.78, 5) is 12.1. The van der Waals surface area contributed by atoms with Gasteiger partial charge < -0.3 is 15.4 Å². The van der Waals surface area contributed by atoms with E-state index in [1.54, 1.807) is 18.2 Å². The number of benzene rings is 3. The smallest absolute Gasteiger partial charge is 0.243 e. The van der Waals surface area contributed by atoms with E-state index in [1.807, 2.05) is 54.6 Å². The van der Waals surface area contributed by atoms with E-state index in [0.717, 1.165) is 17.0 Å². The molecule has 0 fully saturated rings. The van der Waals surface area contributed by atoms with E-state index in [1.165, 1.54) is 0 Å². The molecule has 0 heterocycles. The standard InChI is InChI=1S/C21H18Cl2N2O2/c22-16-9-17(23)11-19(10-16)25-21(26)13-24-18-7-4-8-20(12-18)27-14-15-5-2-1-3-6-15/h1-12,24H,13-14H2,(H,25,26). The van der Waals surface area contributed by atoms with Gasteiger partial charge in [-0.15, -0.1) is 0 Å². The molecule has 3 rings (SSSR count). The quantitative estimate of drug-likeness (QED) is 0.540. The van der Waals surface area contributed by atoms with Crippen LogP contribution >= 0.6 is 23.2 Å². The summed E-state index contributed by atoms with van der Waals surface area (Å²) in [6, 6.07) is 22.3. The van der Waals surface area contributed by atoms with Crippen molar-refractivity contribution in [2.75, 3.05) is 17.2 Å². The van der Waals surface area contributed by atoms with E-state index in [-0.39, 0.29) is 12.5 Å². The summed E-state index contributed by atoms with van der Waals surface area (Å²) < 4.78 is 5.79. The molecule has 3 aromatic rings. The molecule has 2 N–H and O–H groups in total. The minimum atomic E-state index is -0.205. The zero-order valence-corrected chi connectivity index (χ0v) is 15.9. The lowest BCUT2D eigenvalue weighted by Crippen LogP contribution is -2.21. The van der Waals surface area contributed by atoms with Crippen LogP contribution in [0.25, 0.3) is 0 Å². The molecule has 0 aliphatic rings. The zero-order chi connectivity index (χ0) is 19.1. The number of anilines is 2. The summed E-state index contributed by atoms with van der Waals surface area (Å²) in [6.45, 7) is 0.590. The van der Waals surface area contributed by atoms with Crippen molar-refractivity contribution < 1.29 is 9.53 Å². The lowest BCUT2D eigenvalue weighted by molar-refractivity contribution is -0.114. The molecule has 0 saturated carbocycles. The lowest BCUT2D eigenvalue weighted by Gasteiger charge is -2.11. The average Bonchev–Trinajstić information content (AvgIpc) is 2.65. The van der Waals surface area contributed by atoms with Crippen molar-refractivity contribution in [1.82, 2.24) is 0 Å². The van der Waals surface area contributed by atoms with Crippen molar-refractivity contribution >= 4 is 40.5 Å². The predicted octanol–water partition coefficient (Wildman–Crippen LogP) is 5.62. The number of carbonyl (C=O) groups is 1. The largest absolute Gasteiger partial charge is 0.489 e. The van der Waals surface area contributed by atoms with Gasteiger partial charge in [0.25, 0.3) is 0 Å². The Morgan fingerprint density at radius 3 is 2.33 bits per heavy atom. The first-order valence-corrected chi connectivity index (χ1v) is 9.11. The monoisotopic (exact) mass is 400 g/mol. The van der Waals surface area contributed by atoms with Crippen LogP contribution in [0.3, 0.4) is 0 Å². The van der Waals surface area contributed by atoms with Crippen LogP contribution < -0.4 is 15.4 Å². The molecule has 0 aliphatic heterocycles. The molecule has 27 heavy (non-hydrogen) atoms. The maximum Gasteiger partial charge on any atom is 0.243 e. The van der Waals surface area contributed by atoms with Crippen molar-refractivity contribution in [3.8, 4) is 5.75 Å². The van der Waals surface area contributed by atoms with E-state index in [4.69, 9.17) is 27.9 Å².